The fourth-order valence-corrected chi connectivity index (χ4v) is 4.18. The van der Waals surface area contributed by atoms with Gasteiger partial charge in [-0.3, -0.25) is 14.5 Å². The lowest BCUT2D eigenvalue weighted by Gasteiger charge is -2.45. The molecule has 4 rings (SSSR count). The molecule has 1 fully saturated rings. The van der Waals surface area contributed by atoms with E-state index in [9.17, 15) is 9.59 Å². The third-order valence-electron chi connectivity index (χ3n) is 5.67. The molecule has 0 unspecified atom stereocenters. The van der Waals surface area contributed by atoms with Gasteiger partial charge in [-0.05, 0) is 74.2 Å². The Hall–Kier alpha value is -3.88. The predicted octanol–water partition coefficient (Wildman–Crippen LogP) is 2.15. The van der Waals surface area contributed by atoms with Gasteiger partial charge >= 0.3 is 0 Å². The molecular weight excluding hydrogens is 394 g/mol. The molecule has 2 aromatic rings. The zero-order chi connectivity index (χ0) is 22.0. The summed E-state index contributed by atoms with van der Waals surface area (Å²) in [5, 5.41) is 2.80. The summed E-state index contributed by atoms with van der Waals surface area (Å²) < 4.78 is 0. The third-order valence-corrected chi connectivity index (χ3v) is 5.67. The Morgan fingerprint density at radius 1 is 0.903 bits per heavy atom. The van der Waals surface area contributed by atoms with E-state index in [4.69, 9.17) is 17.2 Å². The Labute approximate surface area is 180 Å². The number of hydrogen-bond acceptors (Lipinski definition) is 7. The van der Waals surface area contributed by atoms with E-state index in [2.05, 4.69) is 15.3 Å². The summed E-state index contributed by atoms with van der Waals surface area (Å²) >= 11 is 0. The van der Waals surface area contributed by atoms with E-state index in [1.54, 1.807) is 36.4 Å². The van der Waals surface area contributed by atoms with E-state index >= 15 is 0 Å². The van der Waals surface area contributed by atoms with Crippen molar-refractivity contribution in [1.29, 1.82) is 0 Å². The standard InChI is InChI=1S/C22H25N7O2/c23-18(30)14-4-8-16(9-5-14)26-19(31)15-6-10-17(11-7-15)29-21(25)27-20(24)28-22(29)12-2-1-3-13-22/h4-11H,1-3,12-13H2,(H2,23,30)(H,26,31)(H4,24,25,27,28). The molecule has 1 aliphatic heterocycles. The molecule has 9 nitrogen and oxygen atoms in total. The molecule has 1 heterocycles. The number of nitrogens with zero attached hydrogens (tertiary/aromatic N) is 3. The molecule has 0 aromatic heterocycles. The van der Waals surface area contributed by atoms with Crippen molar-refractivity contribution in [2.24, 2.45) is 27.2 Å². The highest BCUT2D eigenvalue weighted by atomic mass is 16.2. The minimum absolute atomic E-state index is 0.203. The second kappa shape index (κ2) is 8.10. The van der Waals surface area contributed by atoms with Gasteiger partial charge in [0, 0.05) is 22.5 Å². The van der Waals surface area contributed by atoms with Gasteiger partial charge in [0.2, 0.25) is 17.8 Å². The molecular formula is C22H25N7O2. The van der Waals surface area contributed by atoms with E-state index in [-0.39, 0.29) is 11.9 Å². The van der Waals surface area contributed by atoms with Crippen LogP contribution >= 0.6 is 0 Å². The van der Waals surface area contributed by atoms with Gasteiger partial charge in [-0.15, -0.1) is 0 Å². The Balaban J connectivity index is 1.53. The zero-order valence-electron chi connectivity index (χ0n) is 17.0. The van der Waals surface area contributed by atoms with Gasteiger partial charge in [0.15, 0.2) is 0 Å². The number of aliphatic imine (C=N–C) groups is 2. The summed E-state index contributed by atoms with van der Waals surface area (Å²) in [5.74, 6) is -0.278. The quantitative estimate of drug-likeness (QED) is 0.598. The summed E-state index contributed by atoms with van der Waals surface area (Å²) in [5.41, 5.74) is 19.1. The maximum absolute atomic E-state index is 12.6. The molecule has 160 valence electrons. The molecule has 9 heteroatoms. The smallest absolute Gasteiger partial charge is 0.255 e. The summed E-state index contributed by atoms with van der Waals surface area (Å²) in [7, 11) is 0. The van der Waals surface area contributed by atoms with Crippen LogP contribution in [-0.2, 0) is 0 Å². The molecule has 1 aliphatic carbocycles. The number of nitrogens with one attached hydrogen (secondary N) is 1. The van der Waals surface area contributed by atoms with Crippen LogP contribution in [-0.4, -0.2) is 29.4 Å². The molecule has 0 radical (unpaired) electrons. The topological polar surface area (TPSA) is 152 Å². The van der Waals surface area contributed by atoms with Crippen LogP contribution in [0.4, 0.5) is 11.4 Å². The van der Waals surface area contributed by atoms with Crippen molar-refractivity contribution in [2.75, 3.05) is 10.2 Å². The first-order chi connectivity index (χ1) is 14.9. The zero-order valence-corrected chi connectivity index (χ0v) is 17.0. The molecule has 7 N–H and O–H groups in total. The van der Waals surface area contributed by atoms with Gasteiger partial charge in [0.25, 0.3) is 5.91 Å². The Kier molecular flexibility index (Phi) is 5.33. The molecule has 1 spiro atoms. The number of rotatable bonds is 4. The van der Waals surface area contributed by atoms with Crippen LogP contribution in [0.2, 0.25) is 0 Å². The van der Waals surface area contributed by atoms with Gasteiger partial charge in [-0.1, -0.05) is 6.42 Å². The summed E-state index contributed by atoms with van der Waals surface area (Å²) in [4.78, 5) is 34.5. The summed E-state index contributed by atoms with van der Waals surface area (Å²) in [6, 6.07) is 13.5. The van der Waals surface area contributed by atoms with Crippen molar-refractivity contribution in [1.82, 2.24) is 0 Å². The highest BCUT2D eigenvalue weighted by molar-refractivity contribution is 6.07. The Morgan fingerprint density at radius 3 is 2.13 bits per heavy atom. The van der Waals surface area contributed by atoms with Crippen molar-refractivity contribution >= 4 is 35.1 Å². The lowest BCUT2D eigenvalue weighted by molar-refractivity contribution is 0.0998. The monoisotopic (exact) mass is 419 g/mol. The van der Waals surface area contributed by atoms with Crippen molar-refractivity contribution in [3.8, 4) is 0 Å². The largest absolute Gasteiger partial charge is 0.369 e. The van der Waals surface area contributed by atoms with E-state index < -0.39 is 11.6 Å². The summed E-state index contributed by atoms with van der Waals surface area (Å²) in [6.45, 7) is 0. The SMILES string of the molecule is NC(=O)c1ccc(NC(=O)c2ccc(N3C(N)=NC(N)=NC34CCCCC4)cc2)cc1. The first-order valence-electron chi connectivity index (χ1n) is 10.2. The first kappa shape index (κ1) is 20.4. The summed E-state index contributed by atoms with van der Waals surface area (Å²) in [6.07, 6.45) is 4.91. The number of guanidine groups is 2. The molecule has 1 saturated carbocycles. The molecule has 0 bridgehead atoms. The van der Waals surface area contributed by atoms with Crippen molar-refractivity contribution in [3.63, 3.8) is 0 Å². The average molecular weight is 419 g/mol. The lowest BCUT2D eigenvalue weighted by atomic mass is 9.87. The highest BCUT2D eigenvalue weighted by Crippen LogP contribution is 2.39. The van der Waals surface area contributed by atoms with Crippen LogP contribution < -0.4 is 27.4 Å². The maximum atomic E-state index is 12.6. The minimum Gasteiger partial charge on any atom is -0.369 e. The van der Waals surface area contributed by atoms with E-state index in [1.807, 2.05) is 17.0 Å². The molecule has 0 saturated heterocycles. The molecule has 2 aromatic carbocycles. The normalized spacial score (nSPS) is 17.6. The Bertz CT molecular complexity index is 1050. The highest BCUT2D eigenvalue weighted by Gasteiger charge is 2.42. The first-order valence-corrected chi connectivity index (χ1v) is 10.2. The molecule has 2 aliphatic rings. The van der Waals surface area contributed by atoms with Crippen molar-refractivity contribution in [2.45, 2.75) is 37.8 Å². The van der Waals surface area contributed by atoms with Crippen LogP contribution in [0, 0.1) is 0 Å². The Morgan fingerprint density at radius 2 is 1.52 bits per heavy atom. The number of carbonyl (C=O) groups is 2. The van der Waals surface area contributed by atoms with Gasteiger partial charge in [-0.2, -0.15) is 4.99 Å². The third kappa shape index (κ3) is 4.07. The van der Waals surface area contributed by atoms with E-state index in [0.29, 0.717) is 22.8 Å². The molecule has 31 heavy (non-hydrogen) atoms. The predicted molar refractivity (Wildman–Crippen MR) is 121 cm³/mol. The van der Waals surface area contributed by atoms with Crippen LogP contribution in [0.1, 0.15) is 52.8 Å². The maximum Gasteiger partial charge on any atom is 0.255 e. The average Bonchev–Trinajstić information content (AvgIpc) is 2.74. The fraction of sp³-hybridized carbons (Fsp3) is 0.273. The number of anilines is 2. The minimum atomic E-state index is -0.528. The van der Waals surface area contributed by atoms with Gasteiger partial charge < -0.3 is 22.5 Å². The van der Waals surface area contributed by atoms with Crippen LogP contribution in [0.5, 0.6) is 0 Å². The lowest BCUT2D eigenvalue weighted by Crippen LogP contribution is -2.58. The van der Waals surface area contributed by atoms with Crippen LogP contribution in [0.15, 0.2) is 58.5 Å². The number of amides is 2. The number of hydrogen-bond donors (Lipinski definition) is 4. The number of carbonyl (C=O) groups excluding carboxylic acids is 2. The van der Waals surface area contributed by atoms with Crippen molar-refractivity contribution < 1.29 is 9.59 Å². The number of nitrogens with two attached hydrogens (primary N) is 3. The molecule has 0 atom stereocenters. The van der Waals surface area contributed by atoms with E-state index in [0.717, 1.165) is 37.8 Å². The van der Waals surface area contributed by atoms with Crippen LogP contribution in [0.3, 0.4) is 0 Å². The second-order valence-corrected chi connectivity index (χ2v) is 7.76. The van der Waals surface area contributed by atoms with Gasteiger partial charge in [0.05, 0.1) is 0 Å². The number of primary amides is 1. The van der Waals surface area contributed by atoms with E-state index in [1.165, 1.54) is 0 Å². The van der Waals surface area contributed by atoms with Gasteiger partial charge in [0.1, 0.15) is 5.66 Å². The molecule has 2 amide bonds. The van der Waals surface area contributed by atoms with Crippen LogP contribution in [0.25, 0.3) is 0 Å². The fourth-order valence-electron chi connectivity index (χ4n) is 4.18. The van der Waals surface area contributed by atoms with Gasteiger partial charge in [-0.25, -0.2) is 4.99 Å². The second-order valence-electron chi connectivity index (χ2n) is 7.76. The number of benzene rings is 2. The van der Waals surface area contributed by atoms with Crippen molar-refractivity contribution in [3.05, 3.63) is 59.7 Å².